The first-order chi connectivity index (χ1) is 12.1. The normalized spacial score (nSPS) is 10.8. The van der Waals surface area contributed by atoms with Gasteiger partial charge in [-0.05, 0) is 48.4 Å². The molecule has 132 valence electrons. The van der Waals surface area contributed by atoms with E-state index in [1.165, 1.54) is 11.6 Å². The number of aliphatic carboxylic acids is 1. The topological polar surface area (TPSA) is 55.8 Å². The van der Waals surface area contributed by atoms with E-state index in [2.05, 4.69) is 19.1 Å². The minimum absolute atomic E-state index is 0.340. The van der Waals surface area contributed by atoms with E-state index in [0.717, 1.165) is 24.7 Å². The lowest BCUT2D eigenvalue weighted by atomic mass is 10.1. The van der Waals surface area contributed by atoms with E-state index in [9.17, 15) is 4.79 Å². The van der Waals surface area contributed by atoms with Crippen LogP contribution in [-0.2, 0) is 11.2 Å². The third-order valence-corrected chi connectivity index (χ3v) is 3.68. The number of carboxylic acids is 1. The van der Waals surface area contributed by atoms with Crippen LogP contribution >= 0.6 is 11.6 Å². The first-order valence-corrected chi connectivity index (χ1v) is 8.51. The van der Waals surface area contributed by atoms with Crippen molar-refractivity contribution >= 4 is 23.6 Å². The van der Waals surface area contributed by atoms with Gasteiger partial charge in [-0.15, -0.1) is 0 Å². The standard InChI is InChI=1S/C20H21ClO4/c1-2-3-15-4-8-18(9-5-15)24-12-13-25-19-10-7-17(21)14-16(19)6-11-20(22)23/h4-11,14H,2-3,12-13H2,1H3,(H,22,23). The molecule has 1 N–H and O–H groups in total. The summed E-state index contributed by atoms with van der Waals surface area (Å²) in [6.07, 6.45) is 4.68. The van der Waals surface area contributed by atoms with Crippen LogP contribution < -0.4 is 9.47 Å². The summed E-state index contributed by atoms with van der Waals surface area (Å²) in [5, 5.41) is 9.26. The van der Waals surface area contributed by atoms with Gasteiger partial charge in [-0.25, -0.2) is 4.79 Å². The van der Waals surface area contributed by atoms with Gasteiger partial charge in [-0.2, -0.15) is 0 Å². The summed E-state index contributed by atoms with van der Waals surface area (Å²) in [5.74, 6) is 0.329. The molecule has 0 spiro atoms. The van der Waals surface area contributed by atoms with Crippen LogP contribution in [-0.4, -0.2) is 24.3 Å². The van der Waals surface area contributed by atoms with Crippen molar-refractivity contribution < 1.29 is 19.4 Å². The molecule has 0 saturated carbocycles. The minimum Gasteiger partial charge on any atom is -0.490 e. The monoisotopic (exact) mass is 360 g/mol. The van der Waals surface area contributed by atoms with Crippen molar-refractivity contribution in [2.45, 2.75) is 19.8 Å². The number of halogens is 1. The van der Waals surface area contributed by atoms with Crippen LogP contribution in [0.25, 0.3) is 6.08 Å². The second-order valence-corrected chi connectivity index (χ2v) is 5.88. The summed E-state index contributed by atoms with van der Waals surface area (Å²) < 4.78 is 11.3. The van der Waals surface area contributed by atoms with Crippen molar-refractivity contribution in [2.24, 2.45) is 0 Å². The highest BCUT2D eigenvalue weighted by Crippen LogP contribution is 2.24. The lowest BCUT2D eigenvalue weighted by molar-refractivity contribution is -0.131. The van der Waals surface area contributed by atoms with Crippen molar-refractivity contribution in [3.8, 4) is 11.5 Å². The third kappa shape index (κ3) is 6.51. The van der Waals surface area contributed by atoms with Crippen LogP contribution in [0.4, 0.5) is 0 Å². The fourth-order valence-electron chi connectivity index (χ4n) is 2.29. The summed E-state index contributed by atoms with van der Waals surface area (Å²) in [4.78, 5) is 10.7. The van der Waals surface area contributed by atoms with Crippen molar-refractivity contribution in [1.82, 2.24) is 0 Å². The van der Waals surface area contributed by atoms with E-state index in [-0.39, 0.29) is 0 Å². The van der Waals surface area contributed by atoms with Crippen LogP contribution in [0.2, 0.25) is 5.02 Å². The number of carboxylic acid groups (broad SMARTS) is 1. The number of aryl methyl sites for hydroxylation is 1. The Balaban J connectivity index is 1.88. The summed E-state index contributed by atoms with van der Waals surface area (Å²) in [5.41, 5.74) is 1.90. The molecule has 0 aliphatic carbocycles. The zero-order valence-corrected chi connectivity index (χ0v) is 14.8. The summed E-state index contributed by atoms with van der Waals surface area (Å²) >= 11 is 5.95. The molecule has 4 nitrogen and oxygen atoms in total. The van der Waals surface area contributed by atoms with Gasteiger partial charge in [0, 0.05) is 16.7 Å². The largest absolute Gasteiger partial charge is 0.490 e. The molecule has 0 aromatic heterocycles. The molecule has 0 heterocycles. The Morgan fingerprint density at radius 2 is 1.84 bits per heavy atom. The number of benzene rings is 2. The lowest BCUT2D eigenvalue weighted by Crippen LogP contribution is -2.09. The van der Waals surface area contributed by atoms with Gasteiger partial charge in [0.25, 0.3) is 0 Å². The predicted molar refractivity (Wildman–Crippen MR) is 99.5 cm³/mol. The zero-order valence-electron chi connectivity index (χ0n) is 14.1. The molecule has 0 radical (unpaired) electrons. The molecule has 0 unspecified atom stereocenters. The molecule has 0 atom stereocenters. The fraction of sp³-hybridized carbons (Fsp3) is 0.250. The number of carbonyl (C=O) groups is 1. The smallest absolute Gasteiger partial charge is 0.328 e. The quantitative estimate of drug-likeness (QED) is 0.513. The molecule has 0 saturated heterocycles. The fourth-order valence-corrected chi connectivity index (χ4v) is 2.47. The molecule has 25 heavy (non-hydrogen) atoms. The average Bonchev–Trinajstić information content (AvgIpc) is 2.60. The molecule has 0 fully saturated rings. The van der Waals surface area contributed by atoms with E-state index in [4.69, 9.17) is 26.2 Å². The third-order valence-electron chi connectivity index (χ3n) is 3.45. The summed E-state index contributed by atoms with van der Waals surface area (Å²) in [7, 11) is 0. The molecule has 2 aromatic carbocycles. The molecule has 5 heteroatoms. The van der Waals surface area contributed by atoms with Crippen LogP contribution in [0.15, 0.2) is 48.5 Å². The van der Waals surface area contributed by atoms with Crippen LogP contribution in [0.1, 0.15) is 24.5 Å². The Morgan fingerprint density at radius 1 is 1.12 bits per heavy atom. The van der Waals surface area contributed by atoms with Gasteiger partial charge >= 0.3 is 5.97 Å². The van der Waals surface area contributed by atoms with Crippen molar-refractivity contribution in [1.29, 1.82) is 0 Å². The van der Waals surface area contributed by atoms with Gasteiger partial charge < -0.3 is 14.6 Å². The molecular formula is C20H21ClO4. The van der Waals surface area contributed by atoms with Crippen LogP contribution in [0.5, 0.6) is 11.5 Å². The number of hydrogen-bond donors (Lipinski definition) is 1. The molecule has 0 aliphatic heterocycles. The van der Waals surface area contributed by atoms with E-state index in [1.54, 1.807) is 18.2 Å². The SMILES string of the molecule is CCCc1ccc(OCCOc2ccc(Cl)cc2C=CC(=O)O)cc1. The minimum atomic E-state index is -1.03. The molecule has 2 aromatic rings. The van der Waals surface area contributed by atoms with Gasteiger partial charge in [-0.1, -0.05) is 37.1 Å². The van der Waals surface area contributed by atoms with E-state index in [0.29, 0.717) is 29.5 Å². The zero-order chi connectivity index (χ0) is 18.1. The van der Waals surface area contributed by atoms with Crippen molar-refractivity contribution in [2.75, 3.05) is 13.2 Å². The first kappa shape index (κ1) is 18.9. The second kappa shape index (κ2) is 9.74. The summed E-state index contributed by atoms with van der Waals surface area (Å²) in [6.45, 7) is 2.88. The highest BCUT2D eigenvalue weighted by molar-refractivity contribution is 6.30. The Hall–Kier alpha value is -2.46. The molecule has 0 amide bonds. The molecule has 0 aliphatic rings. The van der Waals surface area contributed by atoms with Gasteiger partial charge in [0.2, 0.25) is 0 Å². The second-order valence-electron chi connectivity index (χ2n) is 5.44. The van der Waals surface area contributed by atoms with Crippen molar-refractivity contribution in [3.05, 3.63) is 64.7 Å². The van der Waals surface area contributed by atoms with Crippen LogP contribution in [0, 0.1) is 0 Å². The lowest BCUT2D eigenvalue weighted by Gasteiger charge is -2.11. The predicted octanol–water partition coefficient (Wildman–Crippen LogP) is 4.85. The average molecular weight is 361 g/mol. The molecule has 2 rings (SSSR count). The highest BCUT2D eigenvalue weighted by atomic mass is 35.5. The van der Waals surface area contributed by atoms with E-state index < -0.39 is 5.97 Å². The summed E-state index contributed by atoms with van der Waals surface area (Å²) in [6, 6.07) is 13.1. The maximum absolute atomic E-state index is 10.7. The van der Waals surface area contributed by atoms with Gasteiger partial charge in [0.1, 0.15) is 24.7 Å². The van der Waals surface area contributed by atoms with E-state index in [1.807, 2.05) is 12.1 Å². The Kier molecular flexibility index (Phi) is 7.36. The van der Waals surface area contributed by atoms with Crippen LogP contribution in [0.3, 0.4) is 0 Å². The maximum atomic E-state index is 10.7. The Labute approximate surface area is 152 Å². The highest BCUT2D eigenvalue weighted by Gasteiger charge is 2.03. The number of rotatable bonds is 9. The first-order valence-electron chi connectivity index (χ1n) is 8.13. The van der Waals surface area contributed by atoms with E-state index >= 15 is 0 Å². The Morgan fingerprint density at radius 3 is 2.52 bits per heavy atom. The van der Waals surface area contributed by atoms with Gasteiger partial charge in [-0.3, -0.25) is 0 Å². The van der Waals surface area contributed by atoms with Gasteiger partial charge in [0.05, 0.1) is 0 Å². The maximum Gasteiger partial charge on any atom is 0.328 e. The molecule has 0 bridgehead atoms. The number of hydrogen-bond acceptors (Lipinski definition) is 3. The van der Waals surface area contributed by atoms with Gasteiger partial charge in [0.15, 0.2) is 0 Å². The van der Waals surface area contributed by atoms with Crippen molar-refractivity contribution in [3.63, 3.8) is 0 Å². The number of ether oxygens (including phenoxy) is 2. The Bertz CT molecular complexity index is 723. The molecular weight excluding hydrogens is 340 g/mol.